The van der Waals surface area contributed by atoms with E-state index >= 15 is 0 Å². The fraction of sp³-hybridized carbons (Fsp3) is 0.250. The van der Waals surface area contributed by atoms with Crippen molar-refractivity contribution in [3.05, 3.63) is 65.7 Å². The van der Waals surface area contributed by atoms with Gasteiger partial charge in [-0.05, 0) is 48.9 Å². The molecule has 3 aromatic rings. The average molecular weight is 440 g/mol. The van der Waals surface area contributed by atoms with Crippen LogP contribution >= 0.6 is 0 Å². The quantitative estimate of drug-likeness (QED) is 0.525. The number of rotatable bonds is 2. The number of aromatic nitrogens is 3. The normalized spacial score (nSPS) is 17.1. The molecule has 0 radical (unpaired) electrons. The first-order valence-corrected chi connectivity index (χ1v) is 9.03. The summed E-state index contributed by atoms with van der Waals surface area (Å²) in [5, 5.41) is 3.82. The number of fused-ring (bicyclic) bond motifs is 1. The zero-order valence-corrected chi connectivity index (χ0v) is 15.9. The molecule has 1 atom stereocenters. The fourth-order valence-electron chi connectivity index (χ4n) is 3.49. The maximum absolute atomic E-state index is 13.8. The summed E-state index contributed by atoms with van der Waals surface area (Å²) in [5.74, 6) is -0.790. The van der Waals surface area contributed by atoms with Crippen LogP contribution in [0, 0.1) is 6.92 Å². The summed E-state index contributed by atoms with van der Waals surface area (Å²) in [6, 6.07) is 4.41. The molecular formula is C20H14F6N4O. The number of alkyl halides is 6. The van der Waals surface area contributed by atoms with Crippen molar-refractivity contribution in [2.45, 2.75) is 25.3 Å². The Labute approximate surface area is 171 Å². The summed E-state index contributed by atoms with van der Waals surface area (Å²) in [7, 11) is 0. The smallest absolute Gasteiger partial charge is 0.305 e. The van der Waals surface area contributed by atoms with E-state index in [0.29, 0.717) is 15.9 Å². The molecule has 3 heterocycles. The maximum Gasteiger partial charge on any atom is 0.416 e. The van der Waals surface area contributed by atoms with Gasteiger partial charge in [-0.3, -0.25) is 9.78 Å². The standard InChI is InChI=1S/C20H14F6N4O/c1-11-8-12(6-7-27-11)15-9-28-30-16(20(24,25)26)10-29(18(31)17(15)30)14-4-2-13(3-5-14)19(21,22)23/h2-9,16H,10H2,1H3. The van der Waals surface area contributed by atoms with Crippen LogP contribution in [-0.4, -0.2) is 33.4 Å². The molecule has 5 nitrogen and oxygen atoms in total. The van der Waals surface area contributed by atoms with Gasteiger partial charge in [0.15, 0.2) is 6.04 Å². The van der Waals surface area contributed by atoms with Gasteiger partial charge >= 0.3 is 12.4 Å². The molecule has 0 aliphatic carbocycles. The molecule has 0 saturated carbocycles. The summed E-state index contributed by atoms with van der Waals surface area (Å²) in [5.41, 5.74) is -0.104. The number of halogens is 6. The number of carbonyl (C=O) groups is 1. The molecule has 0 bridgehead atoms. The van der Waals surface area contributed by atoms with Gasteiger partial charge < -0.3 is 4.90 Å². The van der Waals surface area contributed by atoms with Crippen LogP contribution in [0.1, 0.15) is 27.8 Å². The van der Waals surface area contributed by atoms with Gasteiger partial charge in [0, 0.05) is 23.1 Å². The van der Waals surface area contributed by atoms with Gasteiger partial charge in [0.25, 0.3) is 5.91 Å². The first kappa shape index (κ1) is 20.9. The summed E-state index contributed by atoms with van der Waals surface area (Å²) in [6.45, 7) is 0.880. The molecule has 11 heteroatoms. The lowest BCUT2D eigenvalue weighted by Crippen LogP contribution is -2.48. The van der Waals surface area contributed by atoms with Crippen LogP contribution in [0.5, 0.6) is 0 Å². The lowest BCUT2D eigenvalue weighted by Gasteiger charge is -2.35. The number of carbonyl (C=O) groups excluding carboxylic acids is 1. The van der Waals surface area contributed by atoms with E-state index in [1.165, 1.54) is 18.5 Å². The van der Waals surface area contributed by atoms with Gasteiger partial charge in [0.05, 0.1) is 18.3 Å². The van der Waals surface area contributed by atoms with Crippen LogP contribution in [0.3, 0.4) is 0 Å². The van der Waals surface area contributed by atoms with Crippen molar-refractivity contribution >= 4 is 11.6 Å². The average Bonchev–Trinajstić information content (AvgIpc) is 3.12. The van der Waals surface area contributed by atoms with Crippen molar-refractivity contribution < 1.29 is 31.1 Å². The number of benzene rings is 1. The Morgan fingerprint density at radius 1 is 1.03 bits per heavy atom. The predicted octanol–water partition coefficient (Wildman–Crippen LogP) is 5.04. The van der Waals surface area contributed by atoms with Crippen LogP contribution in [0.15, 0.2) is 48.8 Å². The summed E-state index contributed by atoms with van der Waals surface area (Å²) in [4.78, 5) is 18.0. The molecule has 4 rings (SSSR count). The minimum atomic E-state index is -4.74. The number of pyridine rings is 1. The van der Waals surface area contributed by atoms with Crippen LogP contribution in [0.2, 0.25) is 0 Å². The highest BCUT2D eigenvalue weighted by atomic mass is 19.4. The van der Waals surface area contributed by atoms with E-state index in [1.807, 2.05) is 0 Å². The van der Waals surface area contributed by atoms with E-state index in [2.05, 4.69) is 10.1 Å². The number of aryl methyl sites for hydroxylation is 1. The third kappa shape index (κ3) is 3.75. The second-order valence-corrected chi connectivity index (χ2v) is 7.06. The van der Waals surface area contributed by atoms with Crippen LogP contribution in [-0.2, 0) is 6.18 Å². The second kappa shape index (κ2) is 7.10. The molecule has 0 spiro atoms. The Morgan fingerprint density at radius 3 is 2.29 bits per heavy atom. The van der Waals surface area contributed by atoms with E-state index in [0.717, 1.165) is 29.2 Å². The van der Waals surface area contributed by atoms with Crippen molar-refractivity contribution in [2.75, 3.05) is 11.4 Å². The number of nitrogens with zero attached hydrogens (tertiary/aromatic N) is 4. The molecule has 1 aliphatic rings. The Bertz CT molecular complexity index is 1130. The van der Waals surface area contributed by atoms with Gasteiger partial charge in [-0.15, -0.1) is 0 Å². The summed E-state index contributed by atoms with van der Waals surface area (Å²) in [6.07, 6.45) is -6.71. The minimum absolute atomic E-state index is 0.0726. The number of hydrogen-bond acceptors (Lipinski definition) is 3. The lowest BCUT2D eigenvalue weighted by atomic mass is 10.0. The monoisotopic (exact) mass is 440 g/mol. The Kier molecular flexibility index (Phi) is 4.78. The first-order chi connectivity index (χ1) is 14.5. The number of amides is 1. The molecule has 2 aromatic heterocycles. The zero-order valence-electron chi connectivity index (χ0n) is 15.9. The largest absolute Gasteiger partial charge is 0.416 e. The third-order valence-corrected chi connectivity index (χ3v) is 4.99. The highest BCUT2D eigenvalue weighted by Gasteiger charge is 2.49. The van der Waals surface area contributed by atoms with E-state index in [4.69, 9.17) is 0 Å². The number of anilines is 1. The highest BCUT2D eigenvalue weighted by Crippen LogP contribution is 2.40. The van der Waals surface area contributed by atoms with Gasteiger partial charge in [-0.2, -0.15) is 31.4 Å². The predicted molar refractivity (Wildman–Crippen MR) is 98.4 cm³/mol. The molecule has 162 valence electrons. The molecule has 31 heavy (non-hydrogen) atoms. The van der Waals surface area contributed by atoms with Crippen molar-refractivity contribution in [3.8, 4) is 11.1 Å². The van der Waals surface area contributed by atoms with E-state index < -0.39 is 36.4 Å². The third-order valence-electron chi connectivity index (χ3n) is 4.99. The van der Waals surface area contributed by atoms with E-state index in [-0.39, 0.29) is 16.9 Å². The Hall–Kier alpha value is -3.37. The SMILES string of the molecule is Cc1cc(-c2cnn3c2C(=O)N(c2ccc(C(F)(F)F)cc2)CC3C(F)(F)F)ccn1. The van der Waals surface area contributed by atoms with Crippen molar-refractivity contribution in [2.24, 2.45) is 0 Å². The topological polar surface area (TPSA) is 51.0 Å². The fourth-order valence-corrected chi connectivity index (χ4v) is 3.49. The Balaban J connectivity index is 1.83. The van der Waals surface area contributed by atoms with E-state index in [9.17, 15) is 31.1 Å². The van der Waals surface area contributed by atoms with Crippen LogP contribution < -0.4 is 4.90 Å². The van der Waals surface area contributed by atoms with Gasteiger partial charge in [-0.25, -0.2) is 4.68 Å². The molecule has 0 N–H and O–H groups in total. The molecule has 1 amide bonds. The second-order valence-electron chi connectivity index (χ2n) is 7.06. The molecule has 1 aliphatic heterocycles. The zero-order chi connectivity index (χ0) is 22.6. The highest BCUT2D eigenvalue weighted by molar-refractivity contribution is 6.09. The first-order valence-electron chi connectivity index (χ1n) is 9.03. The van der Waals surface area contributed by atoms with Crippen molar-refractivity contribution in [3.63, 3.8) is 0 Å². The minimum Gasteiger partial charge on any atom is -0.305 e. The van der Waals surface area contributed by atoms with Crippen molar-refractivity contribution in [1.29, 1.82) is 0 Å². The molecule has 0 fully saturated rings. The molecular weight excluding hydrogens is 426 g/mol. The van der Waals surface area contributed by atoms with Gasteiger partial charge in [-0.1, -0.05) is 0 Å². The maximum atomic E-state index is 13.8. The summed E-state index contributed by atoms with van der Waals surface area (Å²) < 4.78 is 80.5. The Morgan fingerprint density at radius 2 is 1.71 bits per heavy atom. The van der Waals surface area contributed by atoms with E-state index in [1.54, 1.807) is 13.0 Å². The molecule has 1 aromatic carbocycles. The lowest BCUT2D eigenvalue weighted by molar-refractivity contribution is -0.168. The number of hydrogen-bond donors (Lipinski definition) is 0. The molecule has 1 unspecified atom stereocenters. The van der Waals surface area contributed by atoms with Gasteiger partial charge in [0.1, 0.15) is 5.69 Å². The van der Waals surface area contributed by atoms with Gasteiger partial charge in [0.2, 0.25) is 0 Å². The van der Waals surface area contributed by atoms with Crippen LogP contribution in [0.4, 0.5) is 32.0 Å². The van der Waals surface area contributed by atoms with Crippen molar-refractivity contribution in [1.82, 2.24) is 14.8 Å². The summed E-state index contributed by atoms with van der Waals surface area (Å²) >= 11 is 0. The van der Waals surface area contributed by atoms with Crippen LogP contribution in [0.25, 0.3) is 11.1 Å². The molecule has 0 saturated heterocycles.